The van der Waals surface area contributed by atoms with Crippen LogP contribution < -0.4 is 0 Å². The minimum atomic E-state index is -1.30. The van der Waals surface area contributed by atoms with Gasteiger partial charge in [0.25, 0.3) is 17.1 Å². The monoisotopic (exact) mass is 383 g/mol. The Balaban J connectivity index is 3.13. The van der Waals surface area contributed by atoms with E-state index in [0.717, 1.165) is 7.05 Å². The fraction of sp³-hybridized carbons (Fsp3) is 0.100. The van der Waals surface area contributed by atoms with Crippen LogP contribution in [0.25, 0.3) is 11.1 Å². The van der Waals surface area contributed by atoms with Crippen molar-refractivity contribution in [1.82, 2.24) is 9.78 Å². The number of non-ortho nitro benzene ring substituents is 1. The van der Waals surface area contributed by atoms with Crippen molar-refractivity contribution >= 4 is 28.7 Å². The minimum Gasteiger partial charge on any atom is -0.358 e. The third kappa shape index (κ3) is 3.06. The standard InChI is InChI=1S/C10H5N7O10/c1-12-10(17(26)27)8(9(11-12)16(24)25)7-5(14(20)21)2-4(13(18)19)3-6(7)15(22)23/h2-3H,1H3. The van der Waals surface area contributed by atoms with Crippen molar-refractivity contribution in [2.75, 3.05) is 0 Å². The quantitative estimate of drug-likeness (QED) is 0.513. The van der Waals surface area contributed by atoms with Crippen LogP contribution >= 0.6 is 0 Å². The molecule has 1 aromatic heterocycles. The largest absolute Gasteiger partial charge is 0.428 e. The number of aryl methyl sites for hydroxylation is 1. The van der Waals surface area contributed by atoms with Crippen LogP contribution in [0.5, 0.6) is 0 Å². The Bertz CT molecular complexity index is 1010. The third-order valence-electron chi connectivity index (χ3n) is 3.28. The molecule has 2 rings (SSSR count). The zero-order valence-electron chi connectivity index (χ0n) is 12.9. The molecule has 17 nitrogen and oxygen atoms in total. The topological polar surface area (TPSA) is 234 Å². The lowest BCUT2D eigenvalue weighted by molar-refractivity contribution is -0.403. The molecule has 0 spiro atoms. The Morgan fingerprint density at radius 2 is 1.22 bits per heavy atom. The van der Waals surface area contributed by atoms with E-state index in [2.05, 4.69) is 5.10 Å². The molecule has 1 aromatic carbocycles. The van der Waals surface area contributed by atoms with Crippen LogP contribution in [0.4, 0.5) is 28.7 Å². The first-order valence-electron chi connectivity index (χ1n) is 6.44. The van der Waals surface area contributed by atoms with Crippen LogP contribution in [-0.2, 0) is 7.05 Å². The van der Waals surface area contributed by atoms with E-state index in [-0.39, 0.29) is 0 Å². The highest BCUT2D eigenvalue weighted by Crippen LogP contribution is 2.48. The molecule has 0 saturated carbocycles. The molecule has 17 heteroatoms. The predicted molar refractivity (Wildman–Crippen MR) is 81.9 cm³/mol. The average Bonchev–Trinajstić information content (AvgIpc) is 2.90. The number of rotatable bonds is 6. The fourth-order valence-electron chi connectivity index (χ4n) is 2.31. The molecule has 0 bridgehead atoms. The van der Waals surface area contributed by atoms with Crippen molar-refractivity contribution in [3.05, 3.63) is 62.7 Å². The van der Waals surface area contributed by atoms with Gasteiger partial charge in [-0.25, -0.2) is 0 Å². The second kappa shape index (κ2) is 6.38. The predicted octanol–water partition coefficient (Wildman–Crippen LogP) is 1.63. The lowest BCUT2D eigenvalue weighted by Crippen LogP contribution is -2.03. The van der Waals surface area contributed by atoms with E-state index < -0.39 is 64.4 Å². The normalized spacial score (nSPS) is 10.4. The van der Waals surface area contributed by atoms with E-state index >= 15 is 0 Å². The van der Waals surface area contributed by atoms with Gasteiger partial charge in [0, 0.05) is 0 Å². The summed E-state index contributed by atoms with van der Waals surface area (Å²) in [6, 6.07) is 0.617. The summed E-state index contributed by atoms with van der Waals surface area (Å²) < 4.78 is 0.405. The summed E-state index contributed by atoms with van der Waals surface area (Å²) in [7, 11) is 0.914. The maximum absolute atomic E-state index is 11.3. The van der Waals surface area contributed by atoms with Crippen molar-refractivity contribution in [1.29, 1.82) is 0 Å². The Labute approximate surface area is 145 Å². The lowest BCUT2D eigenvalue weighted by atomic mass is 10.0. The molecule has 0 aliphatic carbocycles. The van der Waals surface area contributed by atoms with Crippen molar-refractivity contribution in [3.63, 3.8) is 0 Å². The summed E-state index contributed by atoms with van der Waals surface area (Å²) in [5, 5.41) is 59.2. The van der Waals surface area contributed by atoms with Crippen LogP contribution in [0.1, 0.15) is 0 Å². The minimum absolute atomic E-state index is 0.308. The summed E-state index contributed by atoms with van der Waals surface area (Å²) in [5.41, 5.74) is -5.89. The number of benzene rings is 1. The Morgan fingerprint density at radius 3 is 1.56 bits per heavy atom. The van der Waals surface area contributed by atoms with Gasteiger partial charge in [0.1, 0.15) is 12.1 Å². The van der Waals surface area contributed by atoms with Gasteiger partial charge >= 0.3 is 11.6 Å². The first-order valence-corrected chi connectivity index (χ1v) is 6.44. The highest BCUT2D eigenvalue weighted by Gasteiger charge is 2.44. The molecular formula is C10H5N7O10. The number of hydrogen-bond donors (Lipinski definition) is 0. The molecule has 0 atom stereocenters. The highest BCUT2D eigenvalue weighted by molar-refractivity contribution is 5.92. The summed E-state index contributed by atoms with van der Waals surface area (Å²) in [4.78, 5) is 49.8. The maximum Gasteiger partial charge on any atom is 0.428 e. The molecule has 0 radical (unpaired) electrons. The van der Waals surface area contributed by atoms with Crippen molar-refractivity contribution in [3.8, 4) is 11.1 Å². The summed E-state index contributed by atoms with van der Waals surface area (Å²) in [5.74, 6) is -2.40. The number of nitrogens with zero attached hydrogens (tertiary/aromatic N) is 7. The van der Waals surface area contributed by atoms with Gasteiger partial charge in [0.2, 0.25) is 0 Å². The lowest BCUT2D eigenvalue weighted by Gasteiger charge is -2.03. The van der Waals surface area contributed by atoms with Gasteiger partial charge in [-0.15, -0.1) is 0 Å². The summed E-state index contributed by atoms with van der Waals surface area (Å²) in [6.45, 7) is 0. The molecule has 2 aromatic rings. The SMILES string of the molecule is Cn1nc([N+](=O)[O-])c(-c2c([N+](=O)[O-])cc([N+](=O)[O-])cc2[N+](=O)[O-])c1[N+](=O)[O-]. The average molecular weight is 383 g/mol. The highest BCUT2D eigenvalue weighted by atomic mass is 16.6. The van der Waals surface area contributed by atoms with Crippen molar-refractivity contribution in [2.45, 2.75) is 0 Å². The number of nitro benzene ring substituents is 3. The Kier molecular flexibility index (Phi) is 4.44. The Morgan fingerprint density at radius 1 is 0.741 bits per heavy atom. The van der Waals surface area contributed by atoms with Gasteiger partial charge < -0.3 is 20.2 Å². The van der Waals surface area contributed by atoms with Gasteiger partial charge in [0.05, 0.1) is 26.9 Å². The van der Waals surface area contributed by atoms with Crippen LogP contribution in [-0.4, -0.2) is 34.4 Å². The molecule has 0 N–H and O–H groups in total. The summed E-state index contributed by atoms with van der Waals surface area (Å²) in [6.07, 6.45) is 0. The molecule has 0 saturated heterocycles. The van der Waals surface area contributed by atoms with Crippen LogP contribution in [0.15, 0.2) is 12.1 Å². The van der Waals surface area contributed by atoms with Crippen LogP contribution in [0.3, 0.4) is 0 Å². The van der Waals surface area contributed by atoms with Gasteiger partial charge in [-0.3, -0.25) is 30.3 Å². The molecule has 0 fully saturated rings. The Hall–Kier alpha value is -4.57. The first-order chi connectivity index (χ1) is 12.5. The van der Waals surface area contributed by atoms with Crippen molar-refractivity contribution < 1.29 is 24.6 Å². The van der Waals surface area contributed by atoms with E-state index in [1.165, 1.54) is 0 Å². The van der Waals surface area contributed by atoms with E-state index in [4.69, 9.17) is 0 Å². The van der Waals surface area contributed by atoms with Crippen LogP contribution in [0.2, 0.25) is 0 Å². The number of nitro groups is 5. The van der Waals surface area contributed by atoms with E-state index in [0.29, 0.717) is 16.8 Å². The fourth-order valence-corrected chi connectivity index (χ4v) is 2.31. The summed E-state index contributed by atoms with van der Waals surface area (Å²) >= 11 is 0. The van der Waals surface area contributed by atoms with Gasteiger partial charge in [-0.1, -0.05) is 0 Å². The van der Waals surface area contributed by atoms with E-state index in [9.17, 15) is 50.6 Å². The molecule has 140 valence electrons. The van der Waals surface area contributed by atoms with E-state index in [1.54, 1.807) is 0 Å². The third-order valence-corrected chi connectivity index (χ3v) is 3.28. The van der Waals surface area contributed by atoms with Crippen LogP contribution in [0, 0.1) is 50.6 Å². The maximum atomic E-state index is 11.3. The number of hydrogen-bond acceptors (Lipinski definition) is 11. The molecular weight excluding hydrogens is 378 g/mol. The molecule has 0 amide bonds. The molecule has 0 unspecified atom stereocenters. The van der Waals surface area contributed by atoms with E-state index in [1.807, 2.05) is 0 Å². The van der Waals surface area contributed by atoms with Gasteiger partial charge in [-0.2, -0.15) is 0 Å². The molecule has 0 aliphatic heterocycles. The zero-order chi connectivity index (χ0) is 20.6. The zero-order valence-corrected chi connectivity index (χ0v) is 12.9. The van der Waals surface area contributed by atoms with Gasteiger partial charge in [-0.05, 0) is 14.5 Å². The molecule has 27 heavy (non-hydrogen) atoms. The van der Waals surface area contributed by atoms with Gasteiger partial charge in [0.15, 0.2) is 11.1 Å². The number of aromatic nitrogens is 2. The molecule has 1 heterocycles. The second-order valence-electron chi connectivity index (χ2n) is 4.79. The first kappa shape index (κ1) is 18.8. The molecule has 0 aliphatic rings. The second-order valence-corrected chi connectivity index (χ2v) is 4.79. The smallest absolute Gasteiger partial charge is 0.358 e. The van der Waals surface area contributed by atoms with Crippen molar-refractivity contribution in [2.24, 2.45) is 7.05 Å².